The molecule has 0 spiro atoms. The van der Waals surface area contributed by atoms with Crippen LogP contribution in [-0.4, -0.2) is 17.9 Å². The normalized spacial score (nSPS) is 12.0. The molecule has 0 bridgehead atoms. The van der Waals surface area contributed by atoms with E-state index in [2.05, 4.69) is 38.1 Å². The molecule has 1 atom stereocenters. The van der Waals surface area contributed by atoms with Crippen molar-refractivity contribution in [3.8, 4) is 0 Å². The Bertz CT molecular complexity index is 601. The molecule has 0 aliphatic rings. The first-order chi connectivity index (χ1) is 9.49. The Hall–Kier alpha value is -2.09. The van der Waals surface area contributed by atoms with Crippen LogP contribution in [0.2, 0.25) is 0 Å². The summed E-state index contributed by atoms with van der Waals surface area (Å²) in [5.41, 5.74) is 4.23. The van der Waals surface area contributed by atoms with Crippen LogP contribution in [0, 0.1) is 13.8 Å². The van der Waals surface area contributed by atoms with Crippen molar-refractivity contribution in [1.29, 1.82) is 0 Å². The maximum atomic E-state index is 12.5. The van der Waals surface area contributed by atoms with Gasteiger partial charge in [-0.1, -0.05) is 47.5 Å². The van der Waals surface area contributed by atoms with Crippen LogP contribution >= 0.6 is 0 Å². The number of carbonyl (C=O) groups is 1. The molecule has 0 aliphatic carbocycles. The van der Waals surface area contributed by atoms with Crippen molar-refractivity contribution in [3.05, 3.63) is 70.8 Å². The first kappa shape index (κ1) is 14.3. The van der Waals surface area contributed by atoms with E-state index in [9.17, 15) is 4.79 Å². The molecule has 0 fully saturated rings. The lowest BCUT2D eigenvalue weighted by Crippen LogP contribution is -2.29. The van der Waals surface area contributed by atoms with Gasteiger partial charge in [0.25, 0.3) is 5.91 Å². The second-order valence-electron chi connectivity index (χ2n) is 5.37. The SMILES string of the molecule is Cc1ccc(C(C)N(C)C(=O)c2cccc(C)c2)cc1. The van der Waals surface area contributed by atoms with E-state index in [4.69, 9.17) is 0 Å². The fourth-order valence-corrected chi connectivity index (χ4v) is 2.23. The zero-order valence-corrected chi connectivity index (χ0v) is 12.6. The number of hydrogen-bond acceptors (Lipinski definition) is 1. The zero-order valence-electron chi connectivity index (χ0n) is 12.6. The molecule has 20 heavy (non-hydrogen) atoms. The van der Waals surface area contributed by atoms with E-state index in [1.807, 2.05) is 38.2 Å². The molecule has 0 aliphatic heterocycles. The third-order valence-electron chi connectivity index (χ3n) is 3.73. The highest BCUT2D eigenvalue weighted by atomic mass is 16.2. The topological polar surface area (TPSA) is 20.3 Å². The predicted octanol–water partition coefficient (Wildman–Crippen LogP) is 4.14. The van der Waals surface area contributed by atoms with Crippen LogP contribution < -0.4 is 0 Å². The Balaban J connectivity index is 2.20. The maximum absolute atomic E-state index is 12.5. The molecule has 0 radical (unpaired) electrons. The van der Waals surface area contributed by atoms with Gasteiger partial charge in [-0.15, -0.1) is 0 Å². The van der Waals surface area contributed by atoms with Gasteiger partial charge in [-0.05, 0) is 38.5 Å². The quantitative estimate of drug-likeness (QED) is 0.818. The maximum Gasteiger partial charge on any atom is 0.254 e. The summed E-state index contributed by atoms with van der Waals surface area (Å²) >= 11 is 0. The van der Waals surface area contributed by atoms with Crippen molar-refractivity contribution in [1.82, 2.24) is 4.90 Å². The van der Waals surface area contributed by atoms with E-state index < -0.39 is 0 Å². The van der Waals surface area contributed by atoms with E-state index in [-0.39, 0.29) is 11.9 Å². The van der Waals surface area contributed by atoms with E-state index in [0.29, 0.717) is 0 Å². The van der Waals surface area contributed by atoms with Crippen LogP contribution in [0.25, 0.3) is 0 Å². The second-order valence-corrected chi connectivity index (χ2v) is 5.37. The van der Waals surface area contributed by atoms with Gasteiger partial charge in [0.1, 0.15) is 0 Å². The van der Waals surface area contributed by atoms with Crippen LogP contribution in [0.3, 0.4) is 0 Å². The Labute approximate surface area is 121 Å². The molecule has 2 aromatic carbocycles. The lowest BCUT2D eigenvalue weighted by molar-refractivity contribution is 0.0742. The first-order valence-electron chi connectivity index (χ1n) is 6.89. The predicted molar refractivity (Wildman–Crippen MR) is 82.9 cm³/mol. The minimum Gasteiger partial charge on any atom is -0.335 e. The summed E-state index contributed by atoms with van der Waals surface area (Å²) in [5.74, 6) is 0.0572. The smallest absolute Gasteiger partial charge is 0.254 e. The molecule has 0 N–H and O–H groups in total. The molecule has 2 nitrogen and oxygen atoms in total. The van der Waals surface area contributed by atoms with Crippen molar-refractivity contribution >= 4 is 5.91 Å². The highest BCUT2D eigenvalue weighted by molar-refractivity contribution is 5.94. The lowest BCUT2D eigenvalue weighted by atomic mass is 10.0. The van der Waals surface area contributed by atoms with Gasteiger partial charge in [0, 0.05) is 12.6 Å². The number of amides is 1. The summed E-state index contributed by atoms with van der Waals surface area (Å²) in [7, 11) is 1.86. The number of benzene rings is 2. The van der Waals surface area contributed by atoms with Gasteiger partial charge in [-0.25, -0.2) is 0 Å². The first-order valence-corrected chi connectivity index (χ1v) is 6.89. The van der Waals surface area contributed by atoms with E-state index in [1.165, 1.54) is 5.56 Å². The zero-order chi connectivity index (χ0) is 14.7. The van der Waals surface area contributed by atoms with E-state index >= 15 is 0 Å². The molecular formula is C18H21NO. The molecule has 0 heterocycles. The highest BCUT2D eigenvalue weighted by Crippen LogP contribution is 2.21. The lowest BCUT2D eigenvalue weighted by Gasteiger charge is -2.25. The minimum atomic E-state index is 0.0572. The molecule has 104 valence electrons. The summed E-state index contributed by atoms with van der Waals surface area (Å²) in [6.45, 7) is 6.12. The Morgan fingerprint density at radius 3 is 2.25 bits per heavy atom. The third-order valence-corrected chi connectivity index (χ3v) is 3.73. The van der Waals surface area contributed by atoms with Gasteiger partial charge in [0.15, 0.2) is 0 Å². The summed E-state index contributed by atoms with van der Waals surface area (Å²) in [4.78, 5) is 14.3. The van der Waals surface area contributed by atoms with Gasteiger partial charge < -0.3 is 4.90 Å². The fourth-order valence-electron chi connectivity index (χ4n) is 2.23. The number of aryl methyl sites for hydroxylation is 2. The Morgan fingerprint density at radius 2 is 1.65 bits per heavy atom. The van der Waals surface area contributed by atoms with E-state index in [0.717, 1.165) is 16.7 Å². The average molecular weight is 267 g/mol. The van der Waals surface area contributed by atoms with Crippen molar-refractivity contribution < 1.29 is 4.79 Å². The molecule has 2 aromatic rings. The van der Waals surface area contributed by atoms with Crippen LogP contribution in [0.1, 0.15) is 40.0 Å². The van der Waals surface area contributed by atoms with Crippen LogP contribution in [0.5, 0.6) is 0 Å². The van der Waals surface area contributed by atoms with Crippen LogP contribution in [0.15, 0.2) is 48.5 Å². The Morgan fingerprint density at radius 1 is 1.00 bits per heavy atom. The largest absolute Gasteiger partial charge is 0.335 e. The number of carbonyl (C=O) groups excluding carboxylic acids is 1. The van der Waals surface area contributed by atoms with Crippen molar-refractivity contribution in [2.24, 2.45) is 0 Å². The molecule has 0 aromatic heterocycles. The summed E-state index contributed by atoms with van der Waals surface area (Å²) in [6.07, 6.45) is 0. The van der Waals surface area contributed by atoms with Crippen LogP contribution in [-0.2, 0) is 0 Å². The van der Waals surface area contributed by atoms with E-state index in [1.54, 1.807) is 4.90 Å². The van der Waals surface area contributed by atoms with Crippen molar-refractivity contribution in [3.63, 3.8) is 0 Å². The van der Waals surface area contributed by atoms with Gasteiger partial charge >= 0.3 is 0 Å². The minimum absolute atomic E-state index is 0.0572. The summed E-state index contributed by atoms with van der Waals surface area (Å²) in [6, 6.07) is 16.1. The fraction of sp³-hybridized carbons (Fsp3) is 0.278. The average Bonchev–Trinajstić information content (AvgIpc) is 2.46. The molecule has 1 unspecified atom stereocenters. The number of hydrogen-bond donors (Lipinski definition) is 0. The molecule has 0 saturated carbocycles. The van der Waals surface area contributed by atoms with Gasteiger partial charge in [-0.2, -0.15) is 0 Å². The van der Waals surface area contributed by atoms with Crippen molar-refractivity contribution in [2.75, 3.05) is 7.05 Å². The Kier molecular flexibility index (Phi) is 4.23. The van der Waals surface area contributed by atoms with Crippen LogP contribution in [0.4, 0.5) is 0 Å². The van der Waals surface area contributed by atoms with Gasteiger partial charge in [-0.3, -0.25) is 4.79 Å². The van der Waals surface area contributed by atoms with Crippen molar-refractivity contribution in [2.45, 2.75) is 26.8 Å². The van der Waals surface area contributed by atoms with Gasteiger partial charge in [0.05, 0.1) is 6.04 Å². The highest BCUT2D eigenvalue weighted by Gasteiger charge is 2.18. The standard InChI is InChI=1S/C18H21NO/c1-13-8-10-16(11-9-13)15(3)19(4)18(20)17-7-5-6-14(2)12-17/h5-12,15H,1-4H3. The monoisotopic (exact) mass is 267 g/mol. The molecular weight excluding hydrogens is 246 g/mol. The summed E-state index contributed by atoms with van der Waals surface area (Å²) in [5, 5.41) is 0. The third kappa shape index (κ3) is 3.08. The molecule has 2 heteroatoms. The molecule has 1 amide bonds. The second kappa shape index (κ2) is 5.91. The van der Waals surface area contributed by atoms with Gasteiger partial charge in [0.2, 0.25) is 0 Å². The number of rotatable bonds is 3. The number of nitrogens with zero attached hydrogens (tertiary/aromatic N) is 1. The molecule has 0 saturated heterocycles. The molecule has 2 rings (SSSR count). The summed E-state index contributed by atoms with van der Waals surface area (Å²) < 4.78 is 0.